The number of rotatable bonds is 25. The fourth-order valence-electron chi connectivity index (χ4n) is 4.96. The lowest BCUT2D eigenvalue weighted by atomic mass is 9.84. The normalized spacial score (nSPS) is 15.9. The number of hydrogen-bond acceptors (Lipinski definition) is 4. The van der Waals surface area contributed by atoms with E-state index < -0.39 is 8.80 Å². The van der Waals surface area contributed by atoms with E-state index >= 15 is 0 Å². The minimum Gasteiger partial charge on any atom is -0.394 e. The van der Waals surface area contributed by atoms with Gasteiger partial charge in [-0.1, -0.05) is 111 Å². The molecule has 0 aromatic rings. The Kier molecular flexibility index (Phi) is 21.7. The lowest BCUT2D eigenvalue weighted by Crippen LogP contribution is -2.46. The number of aliphatic hydroxyl groups excluding tert-OH is 1. The van der Waals surface area contributed by atoms with E-state index in [4.69, 9.17) is 30.0 Å². The van der Waals surface area contributed by atoms with Crippen molar-refractivity contribution in [2.45, 2.75) is 141 Å². The summed E-state index contributed by atoms with van der Waals surface area (Å²) in [6.45, 7) is 9.17. The smallest absolute Gasteiger partial charge is 0.394 e. The zero-order valence-corrected chi connectivity index (χ0v) is 25.4. The lowest BCUT2D eigenvalue weighted by molar-refractivity contribution is 0.0743. The molecule has 0 aliphatic heterocycles. The second-order valence-corrected chi connectivity index (χ2v) is 14.5. The quantitative estimate of drug-likeness (QED) is 0.0739. The zero-order chi connectivity index (χ0) is 25.7. The Bertz CT molecular complexity index is 446. The summed E-state index contributed by atoms with van der Waals surface area (Å²) in [5.41, 5.74) is 0. The van der Waals surface area contributed by atoms with Crippen LogP contribution in [0.15, 0.2) is 0 Å². The molecule has 1 N–H and O–H groups in total. The first-order valence-corrected chi connectivity index (χ1v) is 16.6. The van der Waals surface area contributed by atoms with Crippen LogP contribution in [0.4, 0.5) is 0 Å². The monoisotopic (exact) mass is 522 g/mol. The average molecular weight is 523 g/mol. The van der Waals surface area contributed by atoms with Crippen molar-refractivity contribution < 1.29 is 18.4 Å². The van der Waals surface area contributed by atoms with Crippen LogP contribution in [0.1, 0.15) is 130 Å². The zero-order valence-electron chi connectivity index (χ0n) is 23.6. The Labute approximate surface area is 219 Å². The van der Waals surface area contributed by atoms with Crippen LogP contribution in [0.3, 0.4) is 0 Å². The average Bonchev–Trinajstić information content (AvgIpc) is 2.81. The van der Waals surface area contributed by atoms with E-state index in [-0.39, 0.29) is 18.1 Å². The first-order valence-electron chi connectivity index (χ1n) is 14.3. The van der Waals surface area contributed by atoms with Crippen molar-refractivity contribution in [1.29, 1.82) is 0 Å². The Morgan fingerprint density at radius 2 is 1.24 bits per heavy atom. The summed E-state index contributed by atoms with van der Waals surface area (Å²) in [6, 6.07) is 0.716. The Morgan fingerprint density at radius 1 is 0.794 bits per heavy atom. The second-order valence-electron chi connectivity index (χ2n) is 10.7. The summed E-state index contributed by atoms with van der Waals surface area (Å²) in [6.07, 6.45) is 21.6. The first kappa shape index (κ1) is 34.3. The third-order valence-corrected chi connectivity index (χ3v) is 11.0. The molecule has 0 saturated carbocycles. The van der Waals surface area contributed by atoms with Crippen LogP contribution >= 0.6 is 11.6 Å². The van der Waals surface area contributed by atoms with Crippen molar-refractivity contribution in [3.05, 3.63) is 0 Å². The lowest BCUT2D eigenvalue weighted by Gasteiger charge is -2.34. The van der Waals surface area contributed by atoms with E-state index in [1.807, 2.05) is 0 Å². The fraction of sp³-hybridized carbons (Fsp3) is 1.00. The Morgan fingerprint density at radius 3 is 1.65 bits per heavy atom. The largest absolute Gasteiger partial charge is 0.500 e. The highest BCUT2D eigenvalue weighted by atomic mass is 35.5. The molecular formula is C28H59ClO4Si. The van der Waals surface area contributed by atoms with Gasteiger partial charge in [-0.25, -0.2) is 0 Å². The van der Waals surface area contributed by atoms with Gasteiger partial charge in [0.2, 0.25) is 0 Å². The van der Waals surface area contributed by atoms with Crippen LogP contribution in [0, 0.1) is 11.8 Å². The van der Waals surface area contributed by atoms with Crippen LogP contribution < -0.4 is 0 Å². The van der Waals surface area contributed by atoms with Gasteiger partial charge in [0.05, 0.1) is 13.2 Å². The van der Waals surface area contributed by atoms with Crippen molar-refractivity contribution in [3.63, 3.8) is 0 Å². The highest BCUT2D eigenvalue weighted by Crippen LogP contribution is 2.37. The third-order valence-electron chi connectivity index (χ3n) is 7.40. The summed E-state index contributed by atoms with van der Waals surface area (Å²) < 4.78 is 17.0. The van der Waals surface area contributed by atoms with E-state index in [1.165, 1.54) is 96.3 Å². The molecule has 3 atom stereocenters. The molecule has 0 rings (SSSR count). The SMILES string of the molecule is CCCCCCCCCCCCCCCCC(C)C(C)(Cl)CC(C)C[Si](OC)(OC)OCCO. The van der Waals surface area contributed by atoms with Crippen LogP contribution in [-0.4, -0.2) is 46.2 Å². The van der Waals surface area contributed by atoms with Gasteiger partial charge in [0.25, 0.3) is 0 Å². The molecule has 0 bridgehead atoms. The van der Waals surface area contributed by atoms with Gasteiger partial charge in [0.1, 0.15) is 0 Å². The molecule has 0 radical (unpaired) electrons. The molecule has 0 aromatic carbocycles. The second kappa shape index (κ2) is 21.4. The highest BCUT2D eigenvalue weighted by Gasteiger charge is 2.42. The topological polar surface area (TPSA) is 47.9 Å². The van der Waals surface area contributed by atoms with Crippen LogP contribution in [0.25, 0.3) is 0 Å². The number of halogens is 1. The summed E-state index contributed by atoms with van der Waals surface area (Å²) >= 11 is 7.01. The summed E-state index contributed by atoms with van der Waals surface area (Å²) in [5, 5.41) is 9.10. The van der Waals surface area contributed by atoms with Crippen molar-refractivity contribution in [3.8, 4) is 0 Å². The maximum Gasteiger partial charge on any atom is 0.500 e. The molecule has 6 heteroatoms. The van der Waals surface area contributed by atoms with Gasteiger partial charge in [0, 0.05) is 25.1 Å². The third kappa shape index (κ3) is 16.9. The van der Waals surface area contributed by atoms with E-state index in [1.54, 1.807) is 14.2 Å². The van der Waals surface area contributed by atoms with Gasteiger partial charge in [-0.05, 0) is 31.6 Å². The highest BCUT2D eigenvalue weighted by molar-refractivity contribution is 6.60. The minimum absolute atomic E-state index is 0.0285. The molecule has 0 heterocycles. The van der Waals surface area contributed by atoms with Crippen molar-refractivity contribution in [2.24, 2.45) is 11.8 Å². The molecule has 3 unspecified atom stereocenters. The van der Waals surface area contributed by atoms with Crippen LogP contribution in [0.5, 0.6) is 0 Å². The predicted molar refractivity (Wildman–Crippen MR) is 150 cm³/mol. The molecule has 206 valence electrons. The molecule has 0 aliphatic rings. The molecular weight excluding hydrogens is 464 g/mol. The predicted octanol–water partition coefficient (Wildman–Crippen LogP) is 8.76. The van der Waals surface area contributed by atoms with E-state index in [0.717, 1.165) is 6.42 Å². The van der Waals surface area contributed by atoms with Gasteiger partial charge in [-0.15, -0.1) is 11.6 Å². The summed E-state index contributed by atoms with van der Waals surface area (Å²) in [5.74, 6) is 0.792. The summed E-state index contributed by atoms with van der Waals surface area (Å²) in [7, 11) is 0.531. The van der Waals surface area contributed by atoms with Crippen molar-refractivity contribution in [1.82, 2.24) is 0 Å². The number of hydrogen-bond donors (Lipinski definition) is 1. The number of unbranched alkanes of at least 4 members (excludes halogenated alkanes) is 13. The summed E-state index contributed by atoms with van der Waals surface area (Å²) in [4.78, 5) is -0.242. The molecule has 4 nitrogen and oxygen atoms in total. The van der Waals surface area contributed by atoms with Gasteiger partial charge in [0.15, 0.2) is 0 Å². The molecule has 0 aliphatic carbocycles. The van der Waals surface area contributed by atoms with E-state index in [2.05, 4.69) is 27.7 Å². The van der Waals surface area contributed by atoms with Crippen molar-refractivity contribution >= 4 is 20.4 Å². The minimum atomic E-state index is -2.74. The molecule has 0 saturated heterocycles. The standard InChI is InChI=1S/C28H59ClO4Si/c1-7-8-9-10-11-12-13-14-15-16-17-18-19-20-21-27(3)28(4,29)24-26(2)25-34(31-5,32-6)33-23-22-30/h26-27,30H,7-25H2,1-6H3. The van der Waals surface area contributed by atoms with Gasteiger partial charge < -0.3 is 18.4 Å². The van der Waals surface area contributed by atoms with Crippen molar-refractivity contribution in [2.75, 3.05) is 27.4 Å². The maximum atomic E-state index is 9.10. The van der Waals surface area contributed by atoms with Gasteiger partial charge in [-0.2, -0.15) is 0 Å². The Hall–Kier alpha value is 0.347. The number of alkyl halides is 1. The van der Waals surface area contributed by atoms with Crippen LogP contribution in [0.2, 0.25) is 6.04 Å². The van der Waals surface area contributed by atoms with E-state index in [9.17, 15) is 0 Å². The van der Waals surface area contributed by atoms with Crippen LogP contribution in [-0.2, 0) is 13.3 Å². The van der Waals surface area contributed by atoms with Gasteiger partial charge in [-0.3, -0.25) is 0 Å². The van der Waals surface area contributed by atoms with Gasteiger partial charge >= 0.3 is 8.80 Å². The first-order chi connectivity index (χ1) is 16.3. The molecule has 34 heavy (non-hydrogen) atoms. The molecule has 0 spiro atoms. The molecule has 0 fully saturated rings. The van der Waals surface area contributed by atoms with E-state index in [0.29, 0.717) is 17.9 Å². The number of aliphatic hydroxyl groups is 1. The molecule has 0 amide bonds. The maximum absolute atomic E-state index is 9.10. The fourth-order valence-corrected chi connectivity index (χ4v) is 7.58. The Balaban J connectivity index is 3.94. The molecule has 0 aromatic heterocycles.